The van der Waals surface area contributed by atoms with Crippen LogP contribution < -0.4 is 5.56 Å². The summed E-state index contributed by atoms with van der Waals surface area (Å²) in [6.07, 6.45) is 1.23. The van der Waals surface area contributed by atoms with Gasteiger partial charge in [0.2, 0.25) is 5.71 Å². The van der Waals surface area contributed by atoms with Gasteiger partial charge in [-0.25, -0.2) is 9.78 Å². The van der Waals surface area contributed by atoms with Crippen molar-refractivity contribution >= 4 is 27.8 Å². The van der Waals surface area contributed by atoms with E-state index >= 15 is 0 Å². The molecule has 0 saturated carbocycles. The van der Waals surface area contributed by atoms with Crippen LogP contribution >= 0.6 is 0 Å². The van der Waals surface area contributed by atoms with Gasteiger partial charge in [-0.1, -0.05) is 42.5 Å². The number of carbonyl (C=O) groups excluding carboxylic acids is 1. The molecule has 124 valence electrons. The molecule has 4 aromatic rings. The van der Waals surface area contributed by atoms with E-state index in [1.54, 1.807) is 6.92 Å². The third-order valence-corrected chi connectivity index (χ3v) is 4.11. The van der Waals surface area contributed by atoms with E-state index in [1.165, 1.54) is 6.33 Å². The third-order valence-electron chi connectivity index (χ3n) is 4.11. The Morgan fingerprint density at radius 1 is 1.20 bits per heavy atom. The number of rotatable bonds is 3. The topological polar surface area (TPSA) is 85.2 Å². The second-order valence-corrected chi connectivity index (χ2v) is 5.66. The molecule has 0 radical (unpaired) electrons. The van der Waals surface area contributed by atoms with E-state index in [2.05, 4.69) is 9.97 Å². The molecule has 0 saturated heterocycles. The fraction of sp³-hybridized carbons (Fsp3) is 0.105. The SMILES string of the molecule is Cc1oc2nc[nH]c(=O)c2c1C(=O)OCc1cccc2ccccc12. The lowest BCUT2D eigenvalue weighted by atomic mass is 10.1. The Morgan fingerprint density at radius 2 is 2.00 bits per heavy atom. The minimum atomic E-state index is -0.609. The lowest BCUT2D eigenvalue weighted by Crippen LogP contribution is -2.12. The predicted molar refractivity (Wildman–Crippen MR) is 92.4 cm³/mol. The molecule has 2 aromatic heterocycles. The Hall–Kier alpha value is -3.41. The van der Waals surface area contributed by atoms with E-state index in [0.29, 0.717) is 5.76 Å². The molecule has 4 rings (SSSR count). The molecule has 25 heavy (non-hydrogen) atoms. The number of aryl methyl sites for hydroxylation is 1. The van der Waals surface area contributed by atoms with E-state index in [0.717, 1.165) is 16.3 Å². The number of aromatic nitrogens is 2. The number of hydrogen-bond acceptors (Lipinski definition) is 5. The summed E-state index contributed by atoms with van der Waals surface area (Å²) in [5.74, 6) is -0.301. The van der Waals surface area contributed by atoms with Gasteiger partial charge in [0.05, 0.1) is 6.33 Å². The predicted octanol–water partition coefficient (Wildman–Crippen LogP) is 3.33. The summed E-state index contributed by atoms with van der Waals surface area (Å²) in [4.78, 5) is 30.9. The Morgan fingerprint density at radius 3 is 2.88 bits per heavy atom. The van der Waals surface area contributed by atoms with Gasteiger partial charge in [-0.2, -0.15) is 0 Å². The molecular formula is C19H14N2O4. The number of esters is 1. The summed E-state index contributed by atoms with van der Waals surface area (Å²) in [6.45, 7) is 1.71. The third kappa shape index (κ3) is 2.57. The van der Waals surface area contributed by atoms with Crippen LogP contribution in [0, 0.1) is 6.92 Å². The zero-order valence-corrected chi connectivity index (χ0v) is 13.4. The zero-order chi connectivity index (χ0) is 17.4. The number of ether oxygens (including phenoxy) is 1. The van der Waals surface area contributed by atoms with Crippen molar-refractivity contribution in [3.63, 3.8) is 0 Å². The fourth-order valence-corrected chi connectivity index (χ4v) is 2.93. The number of fused-ring (bicyclic) bond motifs is 2. The molecule has 0 aliphatic rings. The lowest BCUT2D eigenvalue weighted by molar-refractivity contribution is 0.0474. The Bertz CT molecular complexity index is 1150. The number of aromatic amines is 1. The Labute approximate surface area is 142 Å². The molecule has 6 heteroatoms. The van der Waals surface area contributed by atoms with Crippen molar-refractivity contribution in [2.24, 2.45) is 0 Å². The second kappa shape index (κ2) is 5.90. The van der Waals surface area contributed by atoms with Gasteiger partial charge < -0.3 is 14.1 Å². The number of H-pyrrole nitrogens is 1. The van der Waals surface area contributed by atoms with Crippen molar-refractivity contribution in [1.29, 1.82) is 0 Å². The minimum absolute atomic E-state index is 0.102. The molecule has 1 N–H and O–H groups in total. The van der Waals surface area contributed by atoms with Gasteiger partial charge >= 0.3 is 5.97 Å². The van der Waals surface area contributed by atoms with Crippen LogP contribution in [0.15, 0.2) is 58.0 Å². The summed E-state index contributed by atoms with van der Waals surface area (Å²) >= 11 is 0. The van der Waals surface area contributed by atoms with Crippen LogP contribution in [-0.2, 0) is 11.3 Å². The summed E-state index contributed by atoms with van der Waals surface area (Å²) in [5, 5.41) is 2.20. The lowest BCUT2D eigenvalue weighted by Gasteiger charge is -2.08. The first-order valence-electron chi connectivity index (χ1n) is 7.75. The summed E-state index contributed by atoms with van der Waals surface area (Å²) < 4.78 is 10.8. The van der Waals surface area contributed by atoms with Gasteiger partial charge in [-0.3, -0.25) is 4.79 Å². The number of nitrogens with one attached hydrogen (secondary N) is 1. The van der Waals surface area contributed by atoms with E-state index in [4.69, 9.17) is 9.15 Å². The molecule has 0 aliphatic carbocycles. The average molecular weight is 334 g/mol. The summed E-state index contributed by atoms with van der Waals surface area (Å²) in [7, 11) is 0. The van der Waals surface area contributed by atoms with Crippen LogP contribution in [0.1, 0.15) is 21.7 Å². The first-order chi connectivity index (χ1) is 12.1. The maximum absolute atomic E-state index is 12.5. The first-order valence-corrected chi connectivity index (χ1v) is 7.75. The molecule has 2 aromatic carbocycles. The monoisotopic (exact) mass is 334 g/mol. The molecular weight excluding hydrogens is 320 g/mol. The van der Waals surface area contributed by atoms with E-state index < -0.39 is 11.5 Å². The van der Waals surface area contributed by atoms with Crippen LogP contribution in [-0.4, -0.2) is 15.9 Å². The summed E-state index contributed by atoms with van der Waals surface area (Å²) in [5.41, 5.74) is 0.700. The summed E-state index contributed by atoms with van der Waals surface area (Å²) in [6, 6.07) is 13.7. The quantitative estimate of drug-likeness (QED) is 0.581. The second-order valence-electron chi connectivity index (χ2n) is 5.66. The normalized spacial score (nSPS) is 11.1. The van der Waals surface area contributed by atoms with Crippen molar-refractivity contribution < 1.29 is 13.9 Å². The van der Waals surface area contributed by atoms with Crippen LogP contribution in [0.25, 0.3) is 21.9 Å². The highest BCUT2D eigenvalue weighted by atomic mass is 16.5. The maximum Gasteiger partial charge on any atom is 0.342 e. The number of furan rings is 1. The van der Waals surface area contributed by atoms with E-state index in [9.17, 15) is 9.59 Å². The molecule has 0 spiro atoms. The van der Waals surface area contributed by atoms with Gasteiger partial charge in [0, 0.05) is 0 Å². The van der Waals surface area contributed by atoms with Gasteiger partial charge in [0.25, 0.3) is 5.56 Å². The molecule has 0 aliphatic heterocycles. The number of nitrogens with zero attached hydrogens (tertiary/aromatic N) is 1. The fourth-order valence-electron chi connectivity index (χ4n) is 2.93. The van der Waals surface area contributed by atoms with E-state index in [1.807, 2.05) is 42.5 Å². The first kappa shape index (κ1) is 15.1. The van der Waals surface area contributed by atoms with E-state index in [-0.39, 0.29) is 23.3 Å². The standard InChI is InChI=1S/C19H14N2O4/c1-11-15(16-17(22)20-10-21-18(16)25-11)19(23)24-9-13-7-4-6-12-5-2-3-8-14(12)13/h2-8,10H,9H2,1H3,(H,20,21,22). The van der Waals surface area contributed by atoms with Crippen LogP contribution in [0.2, 0.25) is 0 Å². The number of hydrogen-bond donors (Lipinski definition) is 1. The van der Waals surface area contributed by atoms with Crippen LogP contribution in [0.3, 0.4) is 0 Å². The smallest absolute Gasteiger partial charge is 0.342 e. The van der Waals surface area contributed by atoms with Crippen molar-refractivity contribution in [3.8, 4) is 0 Å². The van der Waals surface area contributed by atoms with Gasteiger partial charge in [0.1, 0.15) is 23.3 Å². The van der Waals surface area contributed by atoms with Crippen molar-refractivity contribution in [2.45, 2.75) is 13.5 Å². The zero-order valence-electron chi connectivity index (χ0n) is 13.4. The largest absolute Gasteiger partial charge is 0.457 e. The average Bonchev–Trinajstić information content (AvgIpc) is 2.97. The molecule has 0 unspecified atom stereocenters. The molecule has 6 nitrogen and oxygen atoms in total. The minimum Gasteiger partial charge on any atom is -0.457 e. The van der Waals surface area contributed by atoms with Gasteiger partial charge in [-0.15, -0.1) is 0 Å². The van der Waals surface area contributed by atoms with Gasteiger partial charge in [-0.05, 0) is 23.3 Å². The molecule has 0 amide bonds. The highest BCUT2D eigenvalue weighted by molar-refractivity contribution is 6.03. The Balaban J connectivity index is 1.67. The van der Waals surface area contributed by atoms with Gasteiger partial charge in [0.15, 0.2) is 0 Å². The molecule has 2 heterocycles. The highest BCUT2D eigenvalue weighted by Crippen LogP contribution is 2.23. The molecule has 0 fully saturated rings. The number of benzene rings is 2. The Kier molecular flexibility index (Phi) is 3.57. The number of carbonyl (C=O) groups is 1. The van der Waals surface area contributed by atoms with Crippen molar-refractivity contribution in [3.05, 3.63) is 76.0 Å². The maximum atomic E-state index is 12.5. The van der Waals surface area contributed by atoms with Crippen LogP contribution in [0.5, 0.6) is 0 Å². The van der Waals surface area contributed by atoms with Crippen LogP contribution in [0.4, 0.5) is 0 Å². The molecule has 0 bridgehead atoms. The van der Waals surface area contributed by atoms with Crippen molar-refractivity contribution in [2.75, 3.05) is 0 Å². The van der Waals surface area contributed by atoms with Crippen molar-refractivity contribution in [1.82, 2.24) is 9.97 Å². The highest BCUT2D eigenvalue weighted by Gasteiger charge is 2.23. The molecule has 0 atom stereocenters.